The molecule has 1 aromatic rings. The smallest absolute Gasteiger partial charge is 0.131 e. The first kappa shape index (κ1) is 15.0. The van der Waals surface area contributed by atoms with Crippen LogP contribution in [-0.4, -0.2) is 29.1 Å². The van der Waals surface area contributed by atoms with Crippen LogP contribution in [-0.2, 0) is 6.54 Å². The highest BCUT2D eigenvalue weighted by atomic mass is 15.2. The highest BCUT2D eigenvalue weighted by Crippen LogP contribution is 2.33. The Morgan fingerprint density at radius 1 is 1.50 bits per heavy atom. The molecule has 0 spiro atoms. The lowest BCUT2D eigenvalue weighted by molar-refractivity contribution is 0.679. The molecule has 0 aliphatic heterocycles. The zero-order valence-corrected chi connectivity index (χ0v) is 12.9. The first-order valence-corrected chi connectivity index (χ1v) is 7.61. The van der Waals surface area contributed by atoms with Crippen molar-refractivity contribution in [2.24, 2.45) is 0 Å². The van der Waals surface area contributed by atoms with Gasteiger partial charge >= 0.3 is 0 Å². The fraction of sp³-hybridized carbons (Fsp3) is 0.625. The van der Waals surface area contributed by atoms with Crippen molar-refractivity contribution in [1.82, 2.24) is 15.3 Å². The van der Waals surface area contributed by atoms with Crippen LogP contribution >= 0.6 is 0 Å². The maximum absolute atomic E-state index is 4.77. The molecule has 1 aliphatic rings. The number of hydrogen-bond acceptors (Lipinski definition) is 4. The van der Waals surface area contributed by atoms with Gasteiger partial charge in [-0.15, -0.1) is 6.58 Å². The molecule has 0 aromatic carbocycles. The molecule has 0 atom stereocenters. The third-order valence-electron chi connectivity index (χ3n) is 3.55. The monoisotopic (exact) mass is 274 g/mol. The van der Waals surface area contributed by atoms with Crippen molar-refractivity contribution < 1.29 is 0 Å². The van der Waals surface area contributed by atoms with Crippen LogP contribution in [0, 0.1) is 0 Å². The molecule has 1 aliphatic carbocycles. The summed E-state index contributed by atoms with van der Waals surface area (Å²) in [6.07, 6.45) is 6.49. The highest BCUT2D eigenvalue weighted by molar-refractivity contribution is 5.52. The van der Waals surface area contributed by atoms with Crippen LogP contribution in [0.4, 0.5) is 5.69 Å². The molecular weight excluding hydrogens is 248 g/mol. The number of hydrogen-bond donors (Lipinski definition) is 1. The van der Waals surface area contributed by atoms with E-state index >= 15 is 0 Å². The second-order valence-corrected chi connectivity index (χ2v) is 5.67. The van der Waals surface area contributed by atoms with E-state index in [0.717, 1.165) is 36.8 Å². The molecule has 1 fully saturated rings. The summed E-state index contributed by atoms with van der Waals surface area (Å²) < 4.78 is 0. The normalized spacial score (nSPS) is 14.6. The second kappa shape index (κ2) is 6.84. The second-order valence-electron chi connectivity index (χ2n) is 5.67. The molecule has 1 N–H and O–H groups in total. The van der Waals surface area contributed by atoms with E-state index in [0.29, 0.717) is 12.0 Å². The van der Waals surface area contributed by atoms with E-state index in [1.165, 1.54) is 12.8 Å². The predicted molar refractivity (Wildman–Crippen MR) is 84.1 cm³/mol. The summed E-state index contributed by atoms with van der Waals surface area (Å²) in [6, 6.07) is 0.641. The average Bonchev–Trinajstić information content (AvgIpc) is 3.27. The fourth-order valence-corrected chi connectivity index (χ4v) is 2.29. The Morgan fingerprint density at radius 3 is 2.80 bits per heavy atom. The lowest BCUT2D eigenvalue weighted by atomic mass is 10.2. The number of rotatable bonds is 8. The largest absolute Gasteiger partial charge is 0.362 e. The van der Waals surface area contributed by atoms with Gasteiger partial charge in [-0.3, -0.25) is 0 Å². The summed E-state index contributed by atoms with van der Waals surface area (Å²) in [6.45, 7) is 12.9. The van der Waals surface area contributed by atoms with Crippen molar-refractivity contribution in [3.63, 3.8) is 0 Å². The van der Waals surface area contributed by atoms with Crippen LogP contribution in [0.2, 0.25) is 0 Å². The summed E-state index contributed by atoms with van der Waals surface area (Å²) in [4.78, 5) is 11.7. The minimum atomic E-state index is 0.359. The standard InChI is InChI=1S/C16H26N4/c1-5-9-20(13-7-8-13)15-11-18-16(12(3)4)19-14(15)10-17-6-2/h5,11-13,17H,1,6-10H2,2-4H3. The maximum atomic E-state index is 4.77. The Hall–Kier alpha value is -1.42. The van der Waals surface area contributed by atoms with Gasteiger partial charge in [-0.2, -0.15) is 0 Å². The van der Waals surface area contributed by atoms with Crippen molar-refractivity contribution in [3.05, 3.63) is 30.4 Å². The average molecular weight is 274 g/mol. The Labute approximate surface area is 122 Å². The van der Waals surface area contributed by atoms with Gasteiger partial charge in [0.05, 0.1) is 17.6 Å². The molecule has 110 valence electrons. The summed E-state index contributed by atoms with van der Waals surface area (Å²) in [5, 5.41) is 3.38. The third-order valence-corrected chi connectivity index (χ3v) is 3.55. The molecule has 1 saturated carbocycles. The van der Waals surface area contributed by atoms with Crippen LogP contribution in [0.1, 0.15) is 51.0 Å². The lowest BCUT2D eigenvalue weighted by Gasteiger charge is -2.25. The van der Waals surface area contributed by atoms with E-state index in [1.807, 2.05) is 12.3 Å². The van der Waals surface area contributed by atoms with Gasteiger partial charge in [-0.05, 0) is 19.4 Å². The van der Waals surface area contributed by atoms with Crippen molar-refractivity contribution >= 4 is 5.69 Å². The van der Waals surface area contributed by atoms with Crippen molar-refractivity contribution in [2.45, 2.75) is 52.1 Å². The summed E-state index contributed by atoms with van der Waals surface area (Å²) in [7, 11) is 0. The van der Waals surface area contributed by atoms with Gasteiger partial charge in [0.2, 0.25) is 0 Å². The minimum Gasteiger partial charge on any atom is -0.362 e. The van der Waals surface area contributed by atoms with Crippen molar-refractivity contribution in [3.8, 4) is 0 Å². The topological polar surface area (TPSA) is 41.1 Å². The summed E-state index contributed by atoms with van der Waals surface area (Å²) in [5.41, 5.74) is 2.28. The van der Waals surface area contributed by atoms with Crippen molar-refractivity contribution in [1.29, 1.82) is 0 Å². The zero-order chi connectivity index (χ0) is 14.5. The zero-order valence-electron chi connectivity index (χ0n) is 12.9. The van der Waals surface area contributed by atoms with E-state index in [4.69, 9.17) is 4.98 Å². The van der Waals surface area contributed by atoms with Crippen molar-refractivity contribution in [2.75, 3.05) is 18.0 Å². The maximum Gasteiger partial charge on any atom is 0.131 e. The van der Waals surface area contributed by atoms with Crippen LogP contribution in [0.25, 0.3) is 0 Å². The Morgan fingerprint density at radius 2 is 2.25 bits per heavy atom. The quantitative estimate of drug-likeness (QED) is 0.740. The third kappa shape index (κ3) is 3.57. The van der Waals surface area contributed by atoms with Gasteiger partial charge in [0.1, 0.15) is 5.82 Å². The van der Waals surface area contributed by atoms with E-state index < -0.39 is 0 Å². The first-order valence-electron chi connectivity index (χ1n) is 7.61. The first-order chi connectivity index (χ1) is 9.67. The molecule has 0 unspecified atom stereocenters. The molecule has 2 rings (SSSR count). The van der Waals surface area contributed by atoms with Gasteiger partial charge in [-0.25, -0.2) is 9.97 Å². The highest BCUT2D eigenvalue weighted by Gasteiger charge is 2.30. The summed E-state index contributed by atoms with van der Waals surface area (Å²) >= 11 is 0. The Kier molecular flexibility index (Phi) is 5.12. The van der Waals surface area contributed by atoms with Gasteiger partial charge in [0.25, 0.3) is 0 Å². The fourth-order valence-electron chi connectivity index (χ4n) is 2.29. The molecule has 0 bridgehead atoms. The molecule has 0 saturated heterocycles. The molecule has 1 heterocycles. The number of nitrogens with zero attached hydrogens (tertiary/aromatic N) is 3. The van der Waals surface area contributed by atoms with Gasteiger partial charge < -0.3 is 10.2 Å². The predicted octanol–water partition coefficient (Wildman–Crippen LogP) is 2.86. The van der Waals surface area contributed by atoms with E-state index in [-0.39, 0.29) is 0 Å². The Balaban J connectivity index is 2.30. The molecule has 20 heavy (non-hydrogen) atoms. The van der Waals surface area contributed by atoms with Gasteiger partial charge in [0.15, 0.2) is 0 Å². The van der Waals surface area contributed by atoms with Crippen LogP contribution in [0.3, 0.4) is 0 Å². The molecule has 0 amide bonds. The molecule has 4 heteroatoms. The van der Waals surface area contributed by atoms with E-state index in [2.05, 4.69) is 42.6 Å². The summed E-state index contributed by atoms with van der Waals surface area (Å²) in [5.74, 6) is 1.29. The van der Waals surface area contributed by atoms with Crippen LogP contribution in [0.5, 0.6) is 0 Å². The van der Waals surface area contributed by atoms with E-state index in [1.54, 1.807) is 0 Å². The molecule has 0 radical (unpaired) electrons. The van der Waals surface area contributed by atoms with Gasteiger partial charge in [-0.1, -0.05) is 26.8 Å². The SMILES string of the molecule is C=CCN(c1cnc(C(C)C)nc1CNCC)C1CC1. The van der Waals surface area contributed by atoms with E-state index in [9.17, 15) is 0 Å². The number of nitrogens with one attached hydrogen (secondary N) is 1. The minimum absolute atomic E-state index is 0.359. The van der Waals surface area contributed by atoms with Gasteiger partial charge in [0, 0.05) is 25.0 Å². The van der Waals surface area contributed by atoms with Crippen LogP contribution < -0.4 is 10.2 Å². The number of anilines is 1. The lowest BCUT2D eigenvalue weighted by Crippen LogP contribution is -2.29. The van der Waals surface area contributed by atoms with Crippen LogP contribution in [0.15, 0.2) is 18.9 Å². The molecular formula is C16H26N4. The molecule has 1 aromatic heterocycles. The molecule has 4 nitrogen and oxygen atoms in total. The Bertz CT molecular complexity index is 452. The number of aromatic nitrogens is 2.